The molecule has 1 atom stereocenters. The molecule has 0 spiro atoms. The smallest absolute Gasteiger partial charge is 0.407 e. The van der Waals surface area contributed by atoms with Gasteiger partial charge in [-0.1, -0.05) is 69.3 Å². The molecule has 0 saturated heterocycles. The highest BCUT2D eigenvalue weighted by atomic mass is 16.5. The molecule has 2 aromatic carbocycles. The molecule has 1 aliphatic carbocycles. The Hall–Kier alpha value is -3.35. The van der Waals surface area contributed by atoms with E-state index in [2.05, 4.69) is 17.4 Å². The highest BCUT2D eigenvalue weighted by Crippen LogP contribution is 2.44. The molecule has 3 rings (SSSR count). The minimum Gasteiger partial charge on any atom is -0.480 e. The fraction of sp³-hybridized carbons (Fsp3) is 0.400. The Morgan fingerprint density at radius 2 is 1.56 bits per heavy atom. The minimum atomic E-state index is -1.10. The predicted octanol–water partition coefficient (Wildman–Crippen LogP) is 3.87. The number of alkyl carbamates (subject to hydrolysis) is 1. The van der Waals surface area contributed by atoms with Crippen LogP contribution in [0.15, 0.2) is 48.5 Å². The van der Waals surface area contributed by atoms with E-state index < -0.39 is 30.6 Å². The average Bonchev–Trinajstić information content (AvgIpc) is 3.03. The number of ether oxygens (including phenoxy) is 1. The van der Waals surface area contributed by atoms with Gasteiger partial charge in [-0.05, 0) is 34.6 Å². The Bertz CT molecular complexity index is 966. The molecule has 0 bridgehead atoms. The van der Waals surface area contributed by atoms with Gasteiger partial charge in [-0.15, -0.1) is 0 Å². The molecule has 2 aromatic rings. The largest absolute Gasteiger partial charge is 0.480 e. The second kappa shape index (κ2) is 9.42. The van der Waals surface area contributed by atoms with Crippen LogP contribution in [0.5, 0.6) is 0 Å². The molecule has 0 unspecified atom stereocenters. The highest BCUT2D eigenvalue weighted by molar-refractivity contribution is 5.88. The maximum absolute atomic E-state index is 12.8. The number of aliphatic carboxylic acids is 1. The van der Waals surface area contributed by atoms with Crippen LogP contribution in [0, 0.1) is 5.41 Å². The van der Waals surface area contributed by atoms with Crippen molar-refractivity contribution in [1.29, 1.82) is 0 Å². The lowest BCUT2D eigenvalue weighted by atomic mass is 9.95. The van der Waals surface area contributed by atoms with Crippen molar-refractivity contribution in [3.8, 4) is 11.1 Å². The van der Waals surface area contributed by atoms with E-state index in [1.165, 1.54) is 11.8 Å². The van der Waals surface area contributed by atoms with E-state index in [-0.39, 0.29) is 24.5 Å². The van der Waals surface area contributed by atoms with E-state index in [0.29, 0.717) is 0 Å². The molecule has 2 amide bonds. The van der Waals surface area contributed by atoms with Crippen LogP contribution >= 0.6 is 0 Å². The molecule has 7 heteroatoms. The molecule has 0 radical (unpaired) electrons. The van der Waals surface area contributed by atoms with Crippen LogP contribution in [-0.2, 0) is 14.3 Å². The van der Waals surface area contributed by atoms with Crippen molar-refractivity contribution in [2.45, 2.75) is 39.7 Å². The zero-order valence-corrected chi connectivity index (χ0v) is 18.9. The lowest BCUT2D eigenvalue weighted by Gasteiger charge is -2.30. The maximum Gasteiger partial charge on any atom is 0.407 e. The van der Waals surface area contributed by atoms with Gasteiger partial charge in [-0.25, -0.2) is 4.79 Å². The summed E-state index contributed by atoms with van der Waals surface area (Å²) in [5.41, 5.74) is 4.18. The summed E-state index contributed by atoms with van der Waals surface area (Å²) < 4.78 is 5.49. The normalized spacial score (nSPS) is 13.6. The number of nitrogens with one attached hydrogen (secondary N) is 1. The molecule has 0 saturated carbocycles. The molecular formula is C25H30N2O5. The molecule has 0 heterocycles. The van der Waals surface area contributed by atoms with E-state index in [0.717, 1.165) is 22.3 Å². The molecular weight excluding hydrogens is 408 g/mol. The van der Waals surface area contributed by atoms with Crippen molar-refractivity contribution in [2.75, 3.05) is 19.7 Å². The number of hydrogen-bond acceptors (Lipinski definition) is 4. The van der Waals surface area contributed by atoms with Gasteiger partial charge in [0, 0.05) is 12.5 Å². The first-order valence-corrected chi connectivity index (χ1v) is 10.7. The quantitative estimate of drug-likeness (QED) is 0.684. The fourth-order valence-corrected chi connectivity index (χ4v) is 4.10. The molecule has 0 fully saturated rings. The number of carbonyl (C=O) groups excluding carboxylic acids is 2. The number of hydrogen-bond donors (Lipinski definition) is 2. The molecule has 1 aliphatic rings. The summed E-state index contributed by atoms with van der Waals surface area (Å²) >= 11 is 0. The van der Waals surface area contributed by atoms with Gasteiger partial charge in [0.15, 0.2) is 0 Å². The maximum atomic E-state index is 12.8. The monoisotopic (exact) mass is 438 g/mol. The van der Waals surface area contributed by atoms with Gasteiger partial charge in [-0.2, -0.15) is 0 Å². The first kappa shape index (κ1) is 23.3. The topological polar surface area (TPSA) is 95.9 Å². The summed E-state index contributed by atoms with van der Waals surface area (Å²) in [6, 6.07) is 15.2. The van der Waals surface area contributed by atoms with Crippen LogP contribution in [0.3, 0.4) is 0 Å². The third-order valence-electron chi connectivity index (χ3n) is 5.35. The fourth-order valence-electron chi connectivity index (χ4n) is 4.10. The van der Waals surface area contributed by atoms with Crippen LogP contribution in [-0.4, -0.2) is 53.7 Å². The van der Waals surface area contributed by atoms with Gasteiger partial charge in [-0.3, -0.25) is 9.59 Å². The van der Waals surface area contributed by atoms with Gasteiger partial charge in [0.25, 0.3) is 0 Å². The van der Waals surface area contributed by atoms with Crippen LogP contribution in [0.4, 0.5) is 4.79 Å². The average molecular weight is 439 g/mol. The standard InChI is InChI=1S/C25H30N2O5/c1-16(23(30)27(13-22(28)29)15-25(2,3)4)26-24(31)32-14-21-19-11-7-5-9-17(19)18-10-6-8-12-20(18)21/h5-12,16,21H,13-15H2,1-4H3,(H,26,31)(H,28,29)/t16-/m0/s1. The number of carboxylic acids is 1. The lowest BCUT2D eigenvalue weighted by molar-refractivity contribution is -0.146. The van der Waals surface area contributed by atoms with Gasteiger partial charge in [0.2, 0.25) is 5.91 Å². The molecule has 170 valence electrons. The van der Waals surface area contributed by atoms with E-state index in [1.54, 1.807) is 0 Å². The van der Waals surface area contributed by atoms with Crippen LogP contribution in [0.1, 0.15) is 44.7 Å². The number of benzene rings is 2. The number of carbonyl (C=O) groups is 3. The zero-order valence-electron chi connectivity index (χ0n) is 18.9. The van der Waals surface area contributed by atoms with Crippen molar-refractivity contribution >= 4 is 18.0 Å². The SMILES string of the molecule is C[C@H](NC(=O)OCC1c2ccccc2-c2ccccc21)C(=O)N(CC(=O)O)CC(C)(C)C. The Morgan fingerprint density at radius 3 is 2.06 bits per heavy atom. The van der Waals surface area contributed by atoms with Crippen molar-refractivity contribution < 1.29 is 24.2 Å². The Balaban J connectivity index is 1.63. The summed E-state index contributed by atoms with van der Waals surface area (Å²) in [6.07, 6.45) is -0.709. The van der Waals surface area contributed by atoms with Crippen molar-refractivity contribution in [1.82, 2.24) is 10.2 Å². The van der Waals surface area contributed by atoms with Gasteiger partial charge >= 0.3 is 12.1 Å². The van der Waals surface area contributed by atoms with Crippen molar-refractivity contribution in [2.24, 2.45) is 5.41 Å². The molecule has 0 aliphatic heterocycles. The Morgan fingerprint density at radius 1 is 1.03 bits per heavy atom. The summed E-state index contributed by atoms with van der Waals surface area (Å²) in [7, 11) is 0. The van der Waals surface area contributed by atoms with Crippen LogP contribution < -0.4 is 5.32 Å². The predicted molar refractivity (Wildman–Crippen MR) is 121 cm³/mol. The van der Waals surface area contributed by atoms with E-state index in [9.17, 15) is 14.4 Å². The number of nitrogens with zero attached hydrogens (tertiary/aromatic N) is 1. The van der Waals surface area contributed by atoms with Crippen LogP contribution in [0.2, 0.25) is 0 Å². The Kier molecular flexibility index (Phi) is 6.87. The highest BCUT2D eigenvalue weighted by Gasteiger charge is 2.30. The van der Waals surface area contributed by atoms with Crippen molar-refractivity contribution in [3.05, 3.63) is 59.7 Å². The lowest BCUT2D eigenvalue weighted by Crippen LogP contribution is -2.50. The Labute approximate surface area is 188 Å². The van der Waals surface area contributed by atoms with Crippen LogP contribution in [0.25, 0.3) is 11.1 Å². The van der Waals surface area contributed by atoms with Gasteiger partial charge < -0.3 is 20.1 Å². The third kappa shape index (κ3) is 5.46. The first-order valence-electron chi connectivity index (χ1n) is 10.7. The van der Waals surface area contributed by atoms with Gasteiger partial charge in [0.05, 0.1) is 0 Å². The van der Waals surface area contributed by atoms with E-state index in [4.69, 9.17) is 9.84 Å². The first-order chi connectivity index (χ1) is 15.1. The summed E-state index contributed by atoms with van der Waals surface area (Å²) in [5.74, 6) is -1.64. The number of carboxylic acid groups (broad SMARTS) is 1. The van der Waals surface area contributed by atoms with E-state index in [1.807, 2.05) is 57.2 Å². The summed E-state index contributed by atoms with van der Waals surface area (Å²) in [5, 5.41) is 11.7. The molecule has 0 aromatic heterocycles. The molecule has 32 heavy (non-hydrogen) atoms. The molecule has 7 nitrogen and oxygen atoms in total. The third-order valence-corrected chi connectivity index (χ3v) is 5.35. The number of amides is 2. The summed E-state index contributed by atoms with van der Waals surface area (Å²) in [4.78, 5) is 37.7. The number of fused-ring (bicyclic) bond motifs is 3. The van der Waals surface area contributed by atoms with E-state index >= 15 is 0 Å². The minimum absolute atomic E-state index is 0.0800. The second-order valence-electron chi connectivity index (χ2n) is 9.34. The van der Waals surface area contributed by atoms with Gasteiger partial charge in [0.1, 0.15) is 19.2 Å². The summed E-state index contributed by atoms with van der Waals surface area (Å²) in [6.45, 7) is 7.25. The van der Waals surface area contributed by atoms with Crippen molar-refractivity contribution in [3.63, 3.8) is 0 Å². The molecule has 2 N–H and O–H groups in total. The number of rotatable bonds is 7. The zero-order chi connectivity index (χ0) is 23.5. The second-order valence-corrected chi connectivity index (χ2v) is 9.34.